The molecule has 9 nitrogen and oxygen atoms in total. The van der Waals surface area contributed by atoms with Crippen LogP contribution < -0.4 is 5.32 Å². The van der Waals surface area contributed by atoms with Gasteiger partial charge in [0.2, 0.25) is 5.91 Å². The third-order valence-electron chi connectivity index (χ3n) is 3.33. The number of hydrogen-bond acceptors (Lipinski definition) is 6. The van der Waals surface area contributed by atoms with E-state index in [1.54, 1.807) is 33.8 Å². The highest BCUT2D eigenvalue weighted by atomic mass is 16.6. The number of rotatable bonds is 8. The van der Waals surface area contributed by atoms with Gasteiger partial charge in [-0.25, -0.2) is 9.59 Å². The number of aromatic nitrogens is 1. The van der Waals surface area contributed by atoms with Crippen molar-refractivity contribution >= 4 is 23.8 Å². The van der Waals surface area contributed by atoms with Crippen LogP contribution in [0, 0.1) is 6.92 Å². The lowest BCUT2D eigenvalue weighted by molar-refractivity contribution is -0.143. The third kappa shape index (κ3) is 7.12. The number of aryl methyl sites for hydroxylation is 1. The number of aliphatic carboxylic acids is 1. The van der Waals surface area contributed by atoms with Gasteiger partial charge in [-0.2, -0.15) is 0 Å². The fraction of sp³-hybridized carbons (Fsp3) is 0.647. The summed E-state index contributed by atoms with van der Waals surface area (Å²) in [5.41, 5.74) is -0.773. The highest BCUT2D eigenvalue weighted by Gasteiger charge is 2.32. The van der Waals surface area contributed by atoms with E-state index >= 15 is 0 Å². The monoisotopic (exact) mass is 369 g/mol. The second-order valence-corrected chi connectivity index (χ2v) is 6.94. The van der Waals surface area contributed by atoms with Gasteiger partial charge < -0.3 is 19.7 Å². The van der Waals surface area contributed by atoms with Gasteiger partial charge in [0.05, 0.1) is 0 Å². The Bertz CT molecular complexity index is 635. The molecular formula is C17H27N3O6. The molecular weight excluding hydrogens is 342 g/mol. The first kappa shape index (κ1) is 21.5. The van der Waals surface area contributed by atoms with Crippen LogP contribution in [0.4, 0.5) is 10.6 Å². The van der Waals surface area contributed by atoms with E-state index in [9.17, 15) is 19.5 Å². The van der Waals surface area contributed by atoms with Crippen LogP contribution in [0.2, 0.25) is 0 Å². The average Bonchev–Trinajstić information content (AvgIpc) is 2.89. The largest absolute Gasteiger partial charge is 0.480 e. The Morgan fingerprint density at radius 3 is 2.50 bits per heavy atom. The molecule has 1 aromatic heterocycles. The molecule has 2 N–H and O–H groups in total. The number of carboxylic acids is 1. The second-order valence-electron chi connectivity index (χ2n) is 6.94. The van der Waals surface area contributed by atoms with Crippen LogP contribution in [0.25, 0.3) is 0 Å². The smallest absolute Gasteiger partial charge is 0.411 e. The molecule has 0 aliphatic rings. The fourth-order valence-corrected chi connectivity index (χ4v) is 2.23. The molecule has 0 aliphatic heterocycles. The standard InChI is InChI=1S/C17H27N3O6/c1-6-7-12(15(22)23)20(16(24)25-17(3,4)5)9-8-14(21)18-13-10-11(2)26-19-13/h10,12H,6-9H2,1-5H3,(H,22,23)(H,18,19,21). The van der Waals surface area contributed by atoms with Crippen molar-refractivity contribution in [2.24, 2.45) is 0 Å². The highest BCUT2D eigenvalue weighted by molar-refractivity contribution is 5.90. The lowest BCUT2D eigenvalue weighted by Gasteiger charge is -2.31. The molecule has 146 valence electrons. The number of carboxylic acid groups (broad SMARTS) is 1. The number of nitrogens with zero attached hydrogens (tertiary/aromatic N) is 2. The number of carbonyl (C=O) groups is 3. The van der Waals surface area contributed by atoms with E-state index in [0.717, 1.165) is 4.90 Å². The summed E-state index contributed by atoms with van der Waals surface area (Å²) in [6.07, 6.45) is -0.0266. The Morgan fingerprint density at radius 1 is 1.38 bits per heavy atom. The van der Waals surface area contributed by atoms with Crippen LogP contribution in [0.1, 0.15) is 52.7 Å². The Morgan fingerprint density at radius 2 is 2.04 bits per heavy atom. The molecule has 0 fully saturated rings. The number of carbonyl (C=O) groups excluding carboxylic acids is 2. The molecule has 0 bridgehead atoms. The summed E-state index contributed by atoms with van der Waals surface area (Å²) in [5.74, 6) is -0.734. The maximum absolute atomic E-state index is 12.4. The van der Waals surface area contributed by atoms with Gasteiger partial charge in [0, 0.05) is 19.0 Å². The van der Waals surface area contributed by atoms with Gasteiger partial charge in [-0.05, 0) is 34.1 Å². The minimum absolute atomic E-state index is 0.0887. The number of anilines is 1. The van der Waals surface area contributed by atoms with Gasteiger partial charge in [0.1, 0.15) is 17.4 Å². The molecule has 26 heavy (non-hydrogen) atoms. The van der Waals surface area contributed by atoms with Crippen LogP contribution in [0.15, 0.2) is 10.6 Å². The Hall–Kier alpha value is -2.58. The highest BCUT2D eigenvalue weighted by Crippen LogP contribution is 2.16. The van der Waals surface area contributed by atoms with Gasteiger partial charge >= 0.3 is 12.1 Å². The van der Waals surface area contributed by atoms with Crippen molar-refractivity contribution in [3.63, 3.8) is 0 Å². The van der Waals surface area contributed by atoms with E-state index in [1.165, 1.54) is 0 Å². The predicted octanol–water partition coefficient (Wildman–Crippen LogP) is 2.80. The molecule has 1 aromatic rings. The maximum atomic E-state index is 12.4. The van der Waals surface area contributed by atoms with Crippen LogP contribution in [-0.2, 0) is 14.3 Å². The van der Waals surface area contributed by atoms with E-state index in [1.807, 2.05) is 6.92 Å². The molecule has 1 rings (SSSR count). The third-order valence-corrected chi connectivity index (χ3v) is 3.33. The lowest BCUT2D eigenvalue weighted by atomic mass is 10.1. The zero-order chi connectivity index (χ0) is 19.9. The van der Waals surface area contributed by atoms with E-state index in [0.29, 0.717) is 12.2 Å². The summed E-state index contributed by atoms with van der Waals surface area (Å²) >= 11 is 0. The van der Waals surface area contributed by atoms with Crippen molar-refractivity contribution < 1.29 is 28.8 Å². The molecule has 0 saturated heterocycles. The molecule has 0 radical (unpaired) electrons. The van der Waals surface area contributed by atoms with Gasteiger partial charge in [-0.3, -0.25) is 9.69 Å². The van der Waals surface area contributed by atoms with Crippen molar-refractivity contribution in [3.05, 3.63) is 11.8 Å². The van der Waals surface area contributed by atoms with Crippen LogP contribution in [0.3, 0.4) is 0 Å². The Balaban J connectivity index is 2.81. The molecule has 1 heterocycles. The summed E-state index contributed by atoms with van der Waals surface area (Å²) in [6.45, 7) is 8.50. The normalized spacial score (nSPS) is 12.3. The average molecular weight is 369 g/mol. The quantitative estimate of drug-likeness (QED) is 0.722. The minimum Gasteiger partial charge on any atom is -0.480 e. The fourth-order valence-electron chi connectivity index (χ4n) is 2.23. The first-order valence-electron chi connectivity index (χ1n) is 8.49. The Kier molecular flexibility index (Phi) is 7.60. The first-order valence-corrected chi connectivity index (χ1v) is 8.49. The van der Waals surface area contributed by atoms with Crippen molar-refractivity contribution in [1.29, 1.82) is 0 Å². The zero-order valence-electron chi connectivity index (χ0n) is 15.9. The van der Waals surface area contributed by atoms with Crippen molar-refractivity contribution in [2.75, 3.05) is 11.9 Å². The summed E-state index contributed by atoms with van der Waals surface area (Å²) in [4.78, 5) is 37.2. The van der Waals surface area contributed by atoms with Crippen molar-refractivity contribution in [1.82, 2.24) is 10.1 Å². The van der Waals surface area contributed by atoms with E-state index in [4.69, 9.17) is 9.26 Å². The molecule has 0 aromatic carbocycles. The molecule has 1 atom stereocenters. The van der Waals surface area contributed by atoms with Gasteiger partial charge in [0.25, 0.3) is 0 Å². The van der Waals surface area contributed by atoms with Crippen LogP contribution >= 0.6 is 0 Å². The van der Waals surface area contributed by atoms with Crippen LogP contribution in [0.5, 0.6) is 0 Å². The summed E-state index contributed by atoms with van der Waals surface area (Å²) in [7, 11) is 0. The maximum Gasteiger partial charge on any atom is 0.411 e. The van der Waals surface area contributed by atoms with E-state index in [2.05, 4.69) is 10.5 Å². The van der Waals surface area contributed by atoms with Gasteiger partial charge in [-0.1, -0.05) is 18.5 Å². The lowest BCUT2D eigenvalue weighted by Crippen LogP contribution is -2.48. The van der Waals surface area contributed by atoms with Crippen molar-refractivity contribution in [2.45, 2.75) is 65.5 Å². The number of ether oxygens (including phenoxy) is 1. The van der Waals surface area contributed by atoms with E-state index in [-0.39, 0.29) is 25.2 Å². The Labute approximate surface area is 152 Å². The molecule has 9 heteroatoms. The molecule has 0 spiro atoms. The first-order chi connectivity index (χ1) is 12.0. The molecule has 1 unspecified atom stereocenters. The SMILES string of the molecule is CCCC(C(=O)O)N(CCC(=O)Nc1cc(C)on1)C(=O)OC(C)(C)C. The summed E-state index contributed by atoms with van der Waals surface area (Å²) in [5, 5.41) is 15.6. The number of hydrogen-bond donors (Lipinski definition) is 2. The topological polar surface area (TPSA) is 122 Å². The zero-order valence-corrected chi connectivity index (χ0v) is 15.9. The van der Waals surface area contributed by atoms with Gasteiger partial charge in [0.15, 0.2) is 5.82 Å². The molecule has 0 aliphatic carbocycles. The summed E-state index contributed by atoms with van der Waals surface area (Å²) < 4.78 is 10.2. The van der Waals surface area contributed by atoms with Crippen LogP contribution in [-0.4, -0.2) is 51.3 Å². The second kappa shape index (κ2) is 9.21. The minimum atomic E-state index is -1.13. The van der Waals surface area contributed by atoms with Gasteiger partial charge in [-0.15, -0.1) is 0 Å². The molecule has 2 amide bonds. The van der Waals surface area contributed by atoms with Crippen molar-refractivity contribution in [3.8, 4) is 0 Å². The summed E-state index contributed by atoms with van der Waals surface area (Å²) in [6, 6.07) is 0.498. The number of nitrogens with one attached hydrogen (secondary N) is 1. The predicted molar refractivity (Wildman–Crippen MR) is 93.8 cm³/mol. The van der Waals surface area contributed by atoms with E-state index < -0.39 is 29.6 Å². The number of amides is 2. The molecule has 0 saturated carbocycles.